The van der Waals surface area contributed by atoms with Crippen molar-refractivity contribution in [3.8, 4) is 23.0 Å². The van der Waals surface area contributed by atoms with Gasteiger partial charge in [-0.25, -0.2) is 0 Å². The number of carbonyl (C=O) groups is 2. The Kier molecular flexibility index (Phi) is 10.6. The summed E-state index contributed by atoms with van der Waals surface area (Å²) in [4.78, 5) is 28.5. The molecule has 1 aliphatic heterocycles. The molecule has 0 bridgehead atoms. The zero-order valence-electron chi connectivity index (χ0n) is 22.3. The van der Waals surface area contributed by atoms with Crippen molar-refractivity contribution in [1.82, 2.24) is 9.80 Å². The van der Waals surface area contributed by atoms with Gasteiger partial charge in [-0.1, -0.05) is 48.6 Å². The summed E-state index contributed by atoms with van der Waals surface area (Å²) in [5, 5.41) is 0. The Labute approximate surface area is 224 Å². The number of carbonyl (C=O) groups excluding carboxylic acids is 2. The molecular formula is C30H34N2O6. The summed E-state index contributed by atoms with van der Waals surface area (Å²) in [6, 6.07) is 11.2. The predicted octanol–water partition coefficient (Wildman–Crippen LogP) is 4.23. The first-order valence-electron chi connectivity index (χ1n) is 12.2. The monoisotopic (exact) mass is 518 g/mol. The van der Waals surface area contributed by atoms with E-state index in [9.17, 15) is 9.59 Å². The highest BCUT2D eigenvalue weighted by Crippen LogP contribution is 2.28. The van der Waals surface area contributed by atoms with Crippen LogP contribution in [0.1, 0.15) is 11.1 Å². The van der Waals surface area contributed by atoms with Gasteiger partial charge in [-0.05, 0) is 35.4 Å². The molecule has 0 unspecified atom stereocenters. The SMILES string of the molecule is COc1ccc(/C=C/C=C/C(=O)N2CCN(C(=O)/C=C/C=C/c3ccc(OC)c(OC)c3)CC2)cc1OC. The second kappa shape index (κ2) is 14.3. The van der Waals surface area contributed by atoms with E-state index < -0.39 is 0 Å². The average molecular weight is 519 g/mol. The highest BCUT2D eigenvalue weighted by molar-refractivity contribution is 5.90. The topological polar surface area (TPSA) is 77.5 Å². The van der Waals surface area contributed by atoms with E-state index in [4.69, 9.17) is 18.9 Å². The lowest BCUT2D eigenvalue weighted by Gasteiger charge is -2.33. The summed E-state index contributed by atoms with van der Waals surface area (Å²) in [5.41, 5.74) is 1.86. The van der Waals surface area contributed by atoms with Crippen LogP contribution in [-0.2, 0) is 9.59 Å². The molecule has 3 rings (SSSR count). The maximum atomic E-state index is 12.5. The summed E-state index contributed by atoms with van der Waals surface area (Å²) in [6.07, 6.45) is 13.9. The van der Waals surface area contributed by atoms with Crippen LogP contribution in [0.25, 0.3) is 12.2 Å². The van der Waals surface area contributed by atoms with Crippen LogP contribution in [0.3, 0.4) is 0 Å². The van der Waals surface area contributed by atoms with E-state index in [0.29, 0.717) is 49.2 Å². The molecule has 0 atom stereocenters. The number of hydrogen-bond donors (Lipinski definition) is 0. The molecule has 8 heteroatoms. The molecule has 38 heavy (non-hydrogen) atoms. The number of ether oxygens (including phenoxy) is 4. The number of amides is 2. The van der Waals surface area contributed by atoms with Gasteiger partial charge in [-0.15, -0.1) is 0 Å². The van der Waals surface area contributed by atoms with Crippen LogP contribution < -0.4 is 18.9 Å². The van der Waals surface area contributed by atoms with Gasteiger partial charge >= 0.3 is 0 Å². The van der Waals surface area contributed by atoms with Crippen LogP contribution >= 0.6 is 0 Å². The summed E-state index contributed by atoms with van der Waals surface area (Å²) in [7, 11) is 6.36. The summed E-state index contributed by atoms with van der Waals surface area (Å²) < 4.78 is 21.1. The van der Waals surface area contributed by atoms with Crippen LogP contribution in [0, 0.1) is 0 Å². The summed E-state index contributed by atoms with van der Waals surface area (Å²) in [5.74, 6) is 2.45. The molecule has 2 aromatic carbocycles. The standard InChI is InChI=1S/C30H34N2O6/c1-35-25-15-13-23(21-27(25)37-3)9-5-7-11-29(33)31-17-19-32(20-18-31)30(34)12-8-6-10-24-14-16-26(36-2)28(22-24)38-4/h5-16,21-22H,17-20H2,1-4H3/b9-5+,10-6+,11-7+,12-8+. The lowest BCUT2D eigenvalue weighted by Crippen LogP contribution is -2.49. The highest BCUT2D eigenvalue weighted by atomic mass is 16.5. The van der Waals surface area contributed by atoms with Gasteiger partial charge in [0.1, 0.15) is 0 Å². The van der Waals surface area contributed by atoms with E-state index in [1.807, 2.05) is 48.6 Å². The molecule has 2 amide bonds. The fraction of sp³-hybridized carbons (Fsp3) is 0.267. The van der Waals surface area contributed by atoms with Gasteiger partial charge in [-0.3, -0.25) is 9.59 Å². The van der Waals surface area contributed by atoms with Crippen molar-refractivity contribution in [1.29, 1.82) is 0 Å². The van der Waals surface area contributed by atoms with Gasteiger partial charge in [0.25, 0.3) is 0 Å². The second-order valence-corrected chi connectivity index (χ2v) is 8.32. The summed E-state index contributed by atoms with van der Waals surface area (Å²) >= 11 is 0. The number of rotatable bonds is 10. The third-order valence-electron chi connectivity index (χ3n) is 6.00. The molecule has 8 nitrogen and oxygen atoms in total. The zero-order chi connectivity index (χ0) is 27.3. The molecule has 200 valence electrons. The van der Waals surface area contributed by atoms with E-state index in [1.165, 1.54) is 12.2 Å². The maximum Gasteiger partial charge on any atom is 0.246 e. The lowest BCUT2D eigenvalue weighted by atomic mass is 10.2. The van der Waals surface area contributed by atoms with Crippen molar-refractivity contribution in [2.45, 2.75) is 0 Å². The third-order valence-corrected chi connectivity index (χ3v) is 6.00. The number of benzene rings is 2. The Morgan fingerprint density at radius 2 is 0.947 bits per heavy atom. The van der Waals surface area contributed by atoms with Crippen molar-refractivity contribution >= 4 is 24.0 Å². The molecule has 2 aromatic rings. The number of allylic oxidation sites excluding steroid dienone is 4. The van der Waals surface area contributed by atoms with Crippen LogP contribution in [0.4, 0.5) is 0 Å². The number of piperazine rings is 1. The van der Waals surface area contributed by atoms with Crippen molar-refractivity contribution in [3.63, 3.8) is 0 Å². The lowest BCUT2D eigenvalue weighted by molar-refractivity contribution is -0.134. The maximum absolute atomic E-state index is 12.5. The fourth-order valence-electron chi connectivity index (χ4n) is 3.88. The molecule has 1 heterocycles. The molecular weight excluding hydrogens is 484 g/mol. The van der Waals surface area contributed by atoms with Gasteiger partial charge in [0.05, 0.1) is 28.4 Å². The number of hydrogen-bond acceptors (Lipinski definition) is 6. The van der Waals surface area contributed by atoms with Crippen LogP contribution in [0.15, 0.2) is 72.9 Å². The predicted molar refractivity (Wildman–Crippen MR) is 149 cm³/mol. The minimum Gasteiger partial charge on any atom is -0.493 e. The smallest absolute Gasteiger partial charge is 0.246 e. The van der Waals surface area contributed by atoms with Crippen molar-refractivity contribution in [3.05, 3.63) is 84.0 Å². The van der Waals surface area contributed by atoms with E-state index in [0.717, 1.165) is 11.1 Å². The van der Waals surface area contributed by atoms with E-state index in [1.54, 1.807) is 62.5 Å². The van der Waals surface area contributed by atoms with E-state index >= 15 is 0 Å². The highest BCUT2D eigenvalue weighted by Gasteiger charge is 2.21. The second-order valence-electron chi connectivity index (χ2n) is 8.32. The molecule has 0 aliphatic carbocycles. The molecule has 1 fully saturated rings. The quantitative estimate of drug-likeness (QED) is 0.346. The normalized spacial score (nSPS) is 14.1. The Hall–Kier alpha value is -4.46. The van der Waals surface area contributed by atoms with Crippen LogP contribution in [0.5, 0.6) is 23.0 Å². The molecule has 0 aromatic heterocycles. The van der Waals surface area contributed by atoms with Gasteiger partial charge < -0.3 is 28.7 Å². The fourth-order valence-corrected chi connectivity index (χ4v) is 3.88. The Balaban J connectivity index is 1.45. The molecule has 0 N–H and O–H groups in total. The van der Waals surface area contributed by atoms with Crippen molar-refractivity contribution in [2.24, 2.45) is 0 Å². The van der Waals surface area contributed by atoms with Crippen LogP contribution in [-0.4, -0.2) is 76.2 Å². The molecule has 1 saturated heterocycles. The first kappa shape index (κ1) is 28.1. The Morgan fingerprint density at radius 1 is 0.579 bits per heavy atom. The van der Waals surface area contributed by atoms with E-state index in [2.05, 4.69) is 0 Å². The van der Waals surface area contributed by atoms with Gasteiger partial charge in [-0.2, -0.15) is 0 Å². The first-order chi connectivity index (χ1) is 18.5. The number of methoxy groups -OCH3 is 4. The Bertz CT molecular complexity index is 1130. The van der Waals surface area contributed by atoms with Gasteiger partial charge in [0.15, 0.2) is 23.0 Å². The Morgan fingerprint density at radius 3 is 1.29 bits per heavy atom. The van der Waals surface area contributed by atoms with Crippen molar-refractivity contribution in [2.75, 3.05) is 54.6 Å². The zero-order valence-corrected chi connectivity index (χ0v) is 22.3. The van der Waals surface area contributed by atoms with Crippen LogP contribution in [0.2, 0.25) is 0 Å². The molecule has 0 spiro atoms. The third kappa shape index (κ3) is 7.77. The first-order valence-corrected chi connectivity index (χ1v) is 12.2. The largest absolute Gasteiger partial charge is 0.493 e. The average Bonchev–Trinajstić information content (AvgIpc) is 2.97. The van der Waals surface area contributed by atoms with E-state index in [-0.39, 0.29) is 11.8 Å². The minimum absolute atomic E-state index is 0.0811. The molecule has 1 aliphatic rings. The minimum atomic E-state index is -0.0811. The van der Waals surface area contributed by atoms with Gasteiger partial charge in [0.2, 0.25) is 11.8 Å². The molecule has 0 saturated carbocycles. The number of nitrogens with zero attached hydrogens (tertiary/aromatic N) is 2. The van der Waals surface area contributed by atoms with Gasteiger partial charge in [0, 0.05) is 38.3 Å². The van der Waals surface area contributed by atoms with Crippen molar-refractivity contribution < 1.29 is 28.5 Å². The summed E-state index contributed by atoms with van der Waals surface area (Å²) in [6.45, 7) is 1.96. The molecule has 0 radical (unpaired) electrons.